The van der Waals surface area contributed by atoms with E-state index in [1.165, 1.54) is 0 Å². The van der Waals surface area contributed by atoms with Gasteiger partial charge in [0.25, 0.3) is 0 Å². The fraction of sp³-hybridized carbons (Fsp3) is 0.690. The Kier molecular flexibility index (Phi) is 9.58. The van der Waals surface area contributed by atoms with Crippen molar-refractivity contribution in [3.63, 3.8) is 0 Å². The number of alkyl carbamates (subject to hydrolysis) is 1. The minimum absolute atomic E-state index is 0.113. The summed E-state index contributed by atoms with van der Waals surface area (Å²) in [7, 11) is 0. The predicted molar refractivity (Wildman–Crippen MR) is 141 cm³/mol. The minimum Gasteiger partial charge on any atom is -0.462 e. The molecule has 0 spiro atoms. The van der Waals surface area contributed by atoms with E-state index in [1.807, 2.05) is 65.0 Å². The second kappa shape index (κ2) is 11.5. The summed E-state index contributed by atoms with van der Waals surface area (Å²) in [6, 6.07) is 8.28. The molecular weight excluding hydrogens is 474 g/mol. The number of ketones is 1. The first kappa shape index (κ1) is 30.8. The zero-order chi connectivity index (χ0) is 28.3. The molecule has 2 rings (SSSR count). The van der Waals surface area contributed by atoms with Gasteiger partial charge in [-0.05, 0) is 51.0 Å². The van der Waals surface area contributed by atoms with E-state index < -0.39 is 70.5 Å². The Hall–Kier alpha value is -2.45. The highest BCUT2D eigenvalue weighted by molar-refractivity contribution is 5.94. The summed E-state index contributed by atoms with van der Waals surface area (Å²) in [6.07, 6.45) is -3.21. The molecule has 37 heavy (non-hydrogen) atoms. The number of hydrogen-bond acceptors (Lipinski definition) is 7. The Morgan fingerprint density at radius 3 is 2.11 bits per heavy atom. The highest BCUT2D eigenvalue weighted by atomic mass is 16.6. The van der Waals surface area contributed by atoms with Gasteiger partial charge in [0, 0.05) is 5.92 Å². The summed E-state index contributed by atoms with van der Waals surface area (Å²) in [5.74, 6) is -1.91. The van der Waals surface area contributed by atoms with E-state index in [0.29, 0.717) is 6.42 Å². The third kappa shape index (κ3) is 7.11. The molecule has 1 saturated carbocycles. The van der Waals surface area contributed by atoms with E-state index in [-0.39, 0.29) is 6.42 Å². The third-order valence-corrected chi connectivity index (χ3v) is 7.35. The van der Waals surface area contributed by atoms with E-state index >= 15 is 0 Å². The number of carbonyl (C=O) groups excluding carboxylic acids is 3. The summed E-state index contributed by atoms with van der Waals surface area (Å²) in [6.45, 7) is 16.0. The summed E-state index contributed by atoms with van der Waals surface area (Å²) in [5, 5.41) is 24.4. The van der Waals surface area contributed by atoms with Crippen molar-refractivity contribution in [2.75, 3.05) is 0 Å². The number of carbonyl (C=O) groups is 3. The van der Waals surface area contributed by atoms with Crippen LogP contribution < -0.4 is 5.32 Å². The second-order valence-electron chi connectivity index (χ2n) is 12.5. The number of benzene rings is 1. The van der Waals surface area contributed by atoms with Crippen molar-refractivity contribution in [3.8, 4) is 0 Å². The van der Waals surface area contributed by atoms with Gasteiger partial charge in [0.15, 0.2) is 5.78 Å². The second-order valence-corrected chi connectivity index (χ2v) is 12.5. The van der Waals surface area contributed by atoms with Crippen molar-refractivity contribution in [2.45, 2.75) is 105 Å². The Morgan fingerprint density at radius 2 is 1.62 bits per heavy atom. The van der Waals surface area contributed by atoms with Gasteiger partial charge >= 0.3 is 12.1 Å². The van der Waals surface area contributed by atoms with Gasteiger partial charge in [0.1, 0.15) is 11.7 Å². The van der Waals surface area contributed by atoms with Crippen LogP contribution in [0.5, 0.6) is 0 Å². The first-order valence-corrected chi connectivity index (χ1v) is 13.1. The average Bonchev–Trinajstić information content (AvgIpc) is 2.78. The molecule has 1 aliphatic rings. The van der Waals surface area contributed by atoms with Gasteiger partial charge in [0.05, 0.1) is 30.1 Å². The van der Waals surface area contributed by atoms with Crippen LogP contribution in [-0.2, 0) is 25.5 Å². The Labute approximate surface area is 221 Å². The van der Waals surface area contributed by atoms with Crippen molar-refractivity contribution in [1.82, 2.24) is 5.32 Å². The van der Waals surface area contributed by atoms with Crippen molar-refractivity contribution >= 4 is 17.8 Å². The van der Waals surface area contributed by atoms with Gasteiger partial charge in [0.2, 0.25) is 0 Å². The molecule has 1 aromatic carbocycles. The van der Waals surface area contributed by atoms with Gasteiger partial charge in [-0.25, -0.2) is 4.79 Å². The molecule has 1 aliphatic carbocycles. The Morgan fingerprint density at radius 1 is 1.05 bits per heavy atom. The van der Waals surface area contributed by atoms with E-state index in [0.717, 1.165) is 5.56 Å². The minimum atomic E-state index is -1.37. The van der Waals surface area contributed by atoms with Crippen LogP contribution in [0, 0.1) is 22.7 Å². The Bertz CT molecular complexity index is 949. The van der Waals surface area contributed by atoms with Crippen LogP contribution in [0.25, 0.3) is 0 Å². The van der Waals surface area contributed by atoms with Gasteiger partial charge in [-0.2, -0.15) is 0 Å². The molecule has 0 bridgehead atoms. The summed E-state index contributed by atoms with van der Waals surface area (Å²) < 4.78 is 11.2. The first-order valence-electron chi connectivity index (χ1n) is 13.1. The number of aliphatic hydroxyl groups excluding tert-OH is 2. The Balaban J connectivity index is 2.27. The predicted octanol–water partition coefficient (Wildman–Crippen LogP) is 4.05. The maximum absolute atomic E-state index is 14.0. The molecule has 1 fully saturated rings. The molecule has 0 radical (unpaired) electrons. The fourth-order valence-electron chi connectivity index (χ4n) is 5.33. The van der Waals surface area contributed by atoms with Gasteiger partial charge < -0.3 is 25.0 Å². The standard InChI is InChI=1S/C29H45NO7/c1-10-19(36-20(31)16-18-14-12-11-13-15-18)17(2)21-22(32)24(33)29(21,9)25(34)23(27(3,4)5)30-26(35)37-28(6,7)8/h11-15,17,19,21-24,32-33H,10,16H2,1-9H3,(H,30,35). The highest BCUT2D eigenvalue weighted by Gasteiger charge is 2.66. The maximum atomic E-state index is 14.0. The van der Waals surface area contributed by atoms with Crippen molar-refractivity contribution in [1.29, 1.82) is 0 Å². The van der Waals surface area contributed by atoms with Crippen molar-refractivity contribution in [3.05, 3.63) is 35.9 Å². The van der Waals surface area contributed by atoms with Crippen LogP contribution in [-0.4, -0.2) is 58.0 Å². The zero-order valence-electron chi connectivity index (χ0n) is 23.7. The molecule has 0 saturated heterocycles. The lowest BCUT2D eigenvalue weighted by Crippen LogP contribution is -2.72. The zero-order valence-corrected chi connectivity index (χ0v) is 23.7. The SMILES string of the molecule is CCC(OC(=O)Cc1ccccc1)C(C)C1C(O)C(O)C1(C)C(=O)C(NC(=O)OC(C)(C)C)C(C)(C)C. The molecule has 8 heteroatoms. The molecule has 208 valence electrons. The monoisotopic (exact) mass is 519 g/mol. The normalized spacial score (nSPS) is 26.3. The number of aliphatic hydroxyl groups is 2. The topological polar surface area (TPSA) is 122 Å². The van der Waals surface area contributed by atoms with Crippen molar-refractivity contribution in [2.24, 2.45) is 22.7 Å². The van der Waals surface area contributed by atoms with Gasteiger partial charge in [-0.15, -0.1) is 0 Å². The van der Waals surface area contributed by atoms with E-state index in [1.54, 1.807) is 27.7 Å². The molecule has 0 aliphatic heterocycles. The van der Waals surface area contributed by atoms with E-state index in [2.05, 4.69) is 5.32 Å². The van der Waals surface area contributed by atoms with Crippen LogP contribution in [0.4, 0.5) is 4.79 Å². The fourth-order valence-corrected chi connectivity index (χ4v) is 5.33. The number of esters is 1. The third-order valence-electron chi connectivity index (χ3n) is 7.35. The number of nitrogens with one attached hydrogen (secondary N) is 1. The van der Waals surface area contributed by atoms with Gasteiger partial charge in [-0.3, -0.25) is 9.59 Å². The quantitative estimate of drug-likeness (QED) is 0.421. The number of hydrogen-bond donors (Lipinski definition) is 3. The van der Waals surface area contributed by atoms with E-state index in [4.69, 9.17) is 9.47 Å². The highest BCUT2D eigenvalue weighted by Crippen LogP contribution is 2.54. The lowest BCUT2D eigenvalue weighted by molar-refractivity contribution is -0.233. The molecule has 7 unspecified atom stereocenters. The molecular formula is C29H45NO7. The van der Waals surface area contributed by atoms with E-state index in [9.17, 15) is 24.6 Å². The molecule has 1 aromatic rings. The van der Waals surface area contributed by atoms with Gasteiger partial charge in [-0.1, -0.05) is 65.0 Å². The largest absolute Gasteiger partial charge is 0.462 e. The average molecular weight is 520 g/mol. The number of Topliss-reactive ketones (excluding diaryl/α,β-unsaturated/α-hetero) is 1. The molecule has 8 nitrogen and oxygen atoms in total. The lowest BCUT2D eigenvalue weighted by atomic mass is 9.49. The molecule has 7 atom stereocenters. The summed E-state index contributed by atoms with van der Waals surface area (Å²) >= 11 is 0. The smallest absolute Gasteiger partial charge is 0.408 e. The molecule has 1 amide bonds. The first-order chi connectivity index (χ1) is 16.9. The number of amides is 1. The van der Waals surface area contributed by atoms with Crippen LogP contribution in [0.3, 0.4) is 0 Å². The molecule has 0 heterocycles. The van der Waals surface area contributed by atoms with Crippen LogP contribution in [0.1, 0.15) is 74.3 Å². The maximum Gasteiger partial charge on any atom is 0.408 e. The molecule has 3 N–H and O–H groups in total. The summed E-state index contributed by atoms with van der Waals surface area (Å²) in [4.78, 5) is 39.2. The van der Waals surface area contributed by atoms with Crippen LogP contribution in [0.2, 0.25) is 0 Å². The number of rotatable bonds is 9. The van der Waals surface area contributed by atoms with Crippen LogP contribution >= 0.6 is 0 Å². The van der Waals surface area contributed by atoms with Crippen molar-refractivity contribution < 1.29 is 34.1 Å². The number of ether oxygens (including phenoxy) is 2. The van der Waals surface area contributed by atoms with Crippen LogP contribution in [0.15, 0.2) is 30.3 Å². The molecule has 0 aromatic heterocycles. The summed E-state index contributed by atoms with van der Waals surface area (Å²) in [5.41, 5.74) is -1.99. The lowest BCUT2D eigenvalue weighted by Gasteiger charge is -2.58.